The lowest BCUT2D eigenvalue weighted by molar-refractivity contribution is 0.266. The number of pyridine rings is 1. The number of hydrogen-bond acceptors (Lipinski definition) is 7. The molecule has 1 aliphatic rings. The van der Waals surface area contributed by atoms with E-state index in [2.05, 4.69) is 49.1 Å². The Kier molecular flexibility index (Phi) is 4.30. The van der Waals surface area contributed by atoms with Gasteiger partial charge >= 0.3 is 0 Å². The first kappa shape index (κ1) is 18.8. The predicted molar refractivity (Wildman–Crippen MR) is 127 cm³/mol. The molecule has 0 saturated carbocycles. The number of aromatic nitrogens is 5. The molecule has 3 aromatic heterocycles. The van der Waals surface area contributed by atoms with Gasteiger partial charge in [0.05, 0.1) is 22.1 Å². The third-order valence-electron chi connectivity index (χ3n) is 5.93. The van der Waals surface area contributed by atoms with Gasteiger partial charge in [-0.25, -0.2) is 15.0 Å². The molecule has 1 aliphatic heterocycles. The summed E-state index contributed by atoms with van der Waals surface area (Å²) in [6.07, 6.45) is 1.68. The summed E-state index contributed by atoms with van der Waals surface area (Å²) in [7, 11) is 0. The molecule has 0 spiro atoms. The number of H-pyrrole nitrogens is 2. The summed E-state index contributed by atoms with van der Waals surface area (Å²) in [5, 5.41) is 1.86. The molecule has 0 atom stereocenters. The van der Waals surface area contributed by atoms with Crippen LogP contribution < -0.4 is 16.5 Å². The lowest BCUT2D eigenvalue weighted by atomic mass is 10.2. The number of hydrazine groups is 1. The lowest BCUT2D eigenvalue weighted by Crippen LogP contribution is -2.49. The molecule has 6 N–H and O–H groups in total. The first-order valence-electron chi connectivity index (χ1n) is 10.6. The Labute approximate surface area is 184 Å². The van der Waals surface area contributed by atoms with Crippen LogP contribution in [0.15, 0.2) is 54.7 Å². The molecule has 5 aromatic rings. The van der Waals surface area contributed by atoms with Gasteiger partial charge in [-0.1, -0.05) is 0 Å². The highest BCUT2D eigenvalue weighted by Crippen LogP contribution is 2.28. The van der Waals surface area contributed by atoms with Gasteiger partial charge in [0.25, 0.3) is 0 Å². The van der Waals surface area contributed by atoms with Gasteiger partial charge in [-0.05, 0) is 48.5 Å². The molecular weight excluding hydrogens is 402 g/mol. The number of aromatic amines is 2. The number of nitrogens with two attached hydrogens (primary N) is 2. The third-order valence-corrected chi connectivity index (χ3v) is 5.93. The largest absolute Gasteiger partial charge is 0.399 e. The number of piperazine rings is 1. The van der Waals surface area contributed by atoms with Crippen molar-refractivity contribution in [3.8, 4) is 22.9 Å². The molecule has 0 radical (unpaired) electrons. The zero-order chi connectivity index (χ0) is 21.7. The van der Waals surface area contributed by atoms with Crippen LogP contribution in [0.2, 0.25) is 0 Å². The van der Waals surface area contributed by atoms with Gasteiger partial charge < -0.3 is 20.6 Å². The molecule has 0 amide bonds. The Balaban J connectivity index is 1.33. The minimum absolute atomic E-state index is 0.655. The molecule has 9 heteroatoms. The molecule has 1 saturated heterocycles. The molecule has 4 heterocycles. The Morgan fingerprint density at radius 2 is 1.50 bits per heavy atom. The zero-order valence-electron chi connectivity index (χ0n) is 17.4. The van der Waals surface area contributed by atoms with E-state index < -0.39 is 0 Å². The van der Waals surface area contributed by atoms with Crippen molar-refractivity contribution in [1.82, 2.24) is 29.9 Å². The van der Waals surface area contributed by atoms with Gasteiger partial charge in [0.1, 0.15) is 11.5 Å². The van der Waals surface area contributed by atoms with Crippen molar-refractivity contribution < 1.29 is 0 Å². The van der Waals surface area contributed by atoms with Crippen LogP contribution in [-0.2, 0) is 0 Å². The van der Waals surface area contributed by atoms with Crippen molar-refractivity contribution in [3.05, 3.63) is 54.7 Å². The molecule has 0 unspecified atom stereocenters. The molecule has 6 rings (SSSR count). The van der Waals surface area contributed by atoms with E-state index in [1.165, 1.54) is 5.69 Å². The maximum absolute atomic E-state index is 5.89. The van der Waals surface area contributed by atoms with Gasteiger partial charge in [-0.2, -0.15) is 0 Å². The number of fused-ring (bicyclic) bond motifs is 2. The number of benzene rings is 2. The summed E-state index contributed by atoms with van der Waals surface area (Å²) in [6, 6.07) is 16.0. The fraction of sp³-hybridized carbons (Fsp3) is 0.174. The van der Waals surface area contributed by atoms with Crippen LogP contribution >= 0.6 is 0 Å². The second kappa shape index (κ2) is 7.33. The Hall–Kier alpha value is -3.95. The van der Waals surface area contributed by atoms with Crippen molar-refractivity contribution in [2.45, 2.75) is 0 Å². The SMILES string of the molecule is Nc1ccnc(-c2nc3ccc(-c4nc5ccc(N6CCN(N)CC6)cc5[nH]4)cc3[nH]2)c1. The maximum atomic E-state index is 5.89. The summed E-state index contributed by atoms with van der Waals surface area (Å²) >= 11 is 0. The topological polar surface area (TPSA) is 129 Å². The van der Waals surface area contributed by atoms with Crippen molar-refractivity contribution in [2.75, 3.05) is 36.8 Å². The standard InChI is InChI=1S/C23H23N9/c24-15-5-6-26-21(12-15)23-28-17-3-1-14(11-19(17)30-23)22-27-18-4-2-16(13-20(18)29-22)31-7-9-32(25)10-8-31/h1-6,11-13H,7-10,25H2,(H2,24,26)(H,27,29)(H,28,30). The Bertz CT molecular complexity index is 1430. The molecule has 0 bridgehead atoms. The number of nitrogens with one attached hydrogen (secondary N) is 2. The van der Waals surface area contributed by atoms with E-state index in [4.69, 9.17) is 16.6 Å². The summed E-state index contributed by atoms with van der Waals surface area (Å²) in [6.45, 7) is 3.57. The van der Waals surface area contributed by atoms with Gasteiger partial charge in [0, 0.05) is 49.3 Å². The van der Waals surface area contributed by atoms with Gasteiger partial charge in [0.15, 0.2) is 5.82 Å². The molecule has 2 aromatic carbocycles. The number of rotatable bonds is 3. The summed E-state index contributed by atoms with van der Waals surface area (Å²) in [5.74, 6) is 7.40. The first-order chi connectivity index (χ1) is 15.6. The van der Waals surface area contributed by atoms with E-state index in [-0.39, 0.29) is 0 Å². The molecule has 1 fully saturated rings. The van der Waals surface area contributed by atoms with E-state index in [0.29, 0.717) is 11.5 Å². The smallest absolute Gasteiger partial charge is 0.157 e. The van der Waals surface area contributed by atoms with Crippen LogP contribution in [0, 0.1) is 0 Å². The van der Waals surface area contributed by atoms with Crippen molar-refractivity contribution in [3.63, 3.8) is 0 Å². The van der Waals surface area contributed by atoms with Crippen molar-refractivity contribution in [1.29, 1.82) is 0 Å². The second-order valence-electron chi connectivity index (χ2n) is 8.10. The summed E-state index contributed by atoms with van der Waals surface area (Å²) in [4.78, 5) is 23.0. The Morgan fingerprint density at radius 3 is 2.31 bits per heavy atom. The summed E-state index contributed by atoms with van der Waals surface area (Å²) < 4.78 is 0. The highest BCUT2D eigenvalue weighted by Gasteiger charge is 2.16. The molecule has 32 heavy (non-hydrogen) atoms. The van der Waals surface area contributed by atoms with Gasteiger partial charge in [0.2, 0.25) is 0 Å². The van der Waals surface area contributed by atoms with Crippen LogP contribution in [0.4, 0.5) is 11.4 Å². The number of nitrogens with zero attached hydrogens (tertiary/aromatic N) is 5. The molecule has 9 nitrogen and oxygen atoms in total. The van der Waals surface area contributed by atoms with Crippen molar-refractivity contribution in [2.24, 2.45) is 5.84 Å². The van der Waals surface area contributed by atoms with E-state index in [0.717, 1.165) is 65.3 Å². The minimum Gasteiger partial charge on any atom is -0.399 e. The van der Waals surface area contributed by atoms with E-state index in [9.17, 15) is 0 Å². The van der Waals surface area contributed by atoms with Crippen LogP contribution in [-0.4, -0.2) is 56.1 Å². The lowest BCUT2D eigenvalue weighted by Gasteiger charge is -2.33. The number of anilines is 2. The number of imidazole rings is 2. The van der Waals surface area contributed by atoms with E-state index >= 15 is 0 Å². The van der Waals surface area contributed by atoms with Crippen molar-refractivity contribution >= 4 is 33.4 Å². The first-order valence-corrected chi connectivity index (χ1v) is 10.6. The number of nitrogen functional groups attached to an aromatic ring is 1. The normalized spacial score (nSPS) is 15.1. The van der Waals surface area contributed by atoms with E-state index in [1.807, 2.05) is 23.2 Å². The fourth-order valence-corrected chi connectivity index (χ4v) is 4.17. The predicted octanol–water partition coefficient (Wildman–Crippen LogP) is 2.75. The average molecular weight is 426 g/mol. The molecule has 0 aliphatic carbocycles. The van der Waals surface area contributed by atoms with E-state index in [1.54, 1.807) is 12.3 Å². The average Bonchev–Trinajstić information content (AvgIpc) is 3.43. The van der Waals surface area contributed by atoms with Crippen LogP contribution in [0.3, 0.4) is 0 Å². The fourth-order valence-electron chi connectivity index (χ4n) is 4.17. The highest BCUT2D eigenvalue weighted by molar-refractivity contribution is 5.87. The van der Waals surface area contributed by atoms with Gasteiger partial charge in [-0.3, -0.25) is 10.8 Å². The van der Waals surface area contributed by atoms with Gasteiger partial charge in [-0.15, -0.1) is 0 Å². The second-order valence-corrected chi connectivity index (χ2v) is 8.10. The monoisotopic (exact) mass is 425 g/mol. The molecule has 160 valence electrons. The third kappa shape index (κ3) is 3.33. The quantitative estimate of drug-likeness (QED) is 0.327. The Morgan fingerprint density at radius 1 is 0.781 bits per heavy atom. The minimum atomic E-state index is 0.655. The zero-order valence-corrected chi connectivity index (χ0v) is 17.4. The highest BCUT2D eigenvalue weighted by atomic mass is 15.4. The molecular formula is C23H23N9. The van der Waals surface area contributed by atoms with Crippen LogP contribution in [0.5, 0.6) is 0 Å². The maximum Gasteiger partial charge on any atom is 0.157 e. The number of hydrogen-bond donors (Lipinski definition) is 4. The summed E-state index contributed by atoms with van der Waals surface area (Å²) in [5.41, 5.74) is 13.2. The van der Waals surface area contributed by atoms with Crippen LogP contribution in [0.1, 0.15) is 0 Å². The van der Waals surface area contributed by atoms with Crippen LogP contribution in [0.25, 0.3) is 45.0 Å².